The van der Waals surface area contributed by atoms with E-state index in [1.54, 1.807) is 6.92 Å². The zero-order valence-corrected chi connectivity index (χ0v) is 10.6. The number of Topliss-reactive ketones (excluding diaryl/α,β-unsaturated/α-hetero) is 1. The number of carbonyl (C=O) groups excluding carboxylic acids is 1. The first-order valence-corrected chi connectivity index (χ1v) is 5.73. The highest BCUT2D eigenvalue weighted by molar-refractivity contribution is 5.75. The van der Waals surface area contributed by atoms with E-state index in [4.69, 9.17) is 0 Å². The van der Waals surface area contributed by atoms with Gasteiger partial charge in [0.25, 0.3) is 0 Å². The molecular weight excluding hydrogens is 212 g/mol. The molecule has 0 radical (unpaired) electrons. The van der Waals surface area contributed by atoms with Gasteiger partial charge in [-0.05, 0) is 25.0 Å². The van der Waals surface area contributed by atoms with Crippen molar-refractivity contribution >= 4 is 11.5 Å². The van der Waals surface area contributed by atoms with Crippen LogP contribution in [-0.2, 0) is 4.79 Å². The number of benzene rings is 1. The minimum atomic E-state index is -0.277. The van der Waals surface area contributed by atoms with Crippen molar-refractivity contribution < 1.29 is 4.79 Å². The second kappa shape index (κ2) is 6.05. The van der Waals surface area contributed by atoms with Crippen molar-refractivity contribution in [3.63, 3.8) is 0 Å². The summed E-state index contributed by atoms with van der Waals surface area (Å²) in [7, 11) is 1.89. The first-order valence-electron chi connectivity index (χ1n) is 5.73. The van der Waals surface area contributed by atoms with Gasteiger partial charge in [0.2, 0.25) is 0 Å². The fourth-order valence-electron chi connectivity index (χ4n) is 1.98. The van der Waals surface area contributed by atoms with Crippen LogP contribution < -0.4 is 4.90 Å². The molecular formula is C14H18N2O. The Kier molecular flexibility index (Phi) is 4.71. The van der Waals surface area contributed by atoms with Crippen LogP contribution in [0.1, 0.15) is 20.3 Å². The molecule has 90 valence electrons. The highest BCUT2D eigenvalue weighted by atomic mass is 16.1. The predicted molar refractivity (Wildman–Crippen MR) is 68.7 cm³/mol. The van der Waals surface area contributed by atoms with Crippen molar-refractivity contribution in [2.75, 3.05) is 11.9 Å². The van der Waals surface area contributed by atoms with Crippen molar-refractivity contribution in [2.45, 2.75) is 26.3 Å². The molecule has 1 aromatic carbocycles. The zero-order chi connectivity index (χ0) is 12.8. The predicted octanol–water partition coefficient (Wildman–Crippen LogP) is 2.63. The van der Waals surface area contributed by atoms with Crippen LogP contribution >= 0.6 is 0 Å². The van der Waals surface area contributed by atoms with Gasteiger partial charge in [-0.2, -0.15) is 5.26 Å². The summed E-state index contributed by atoms with van der Waals surface area (Å²) in [5, 5.41) is 9.24. The third-order valence-electron chi connectivity index (χ3n) is 2.86. The molecule has 17 heavy (non-hydrogen) atoms. The SMILES string of the molecule is CC(=O)CC(C)C(C#N)N(C)c1ccccc1. The molecule has 3 nitrogen and oxygen atoms in total. The molecule has 0 fully saturated rings. The normalized spacial score (nSPS) is 13.5. The Morgan fingerprint density at radius 1 is 1.41 bits per heavy atom. The van der Waals surface area contributed by atoms with E-state index in [9.17, 15) is 10.1 Å². The molecule has 0 heterocycles. The van der Waals surface area contributed by atoms with E-state index in [1.165, 1.54) is 0 Å². The van der Waals surface area contributed by atoms with Gasteiger partial charge in [-0.1, -0.05) is 25.1 Å². The molecule has 0 saturated carbocycles. The van der Waals surface area contributed by atoms with Gasteiger partial charge >= 0.3 is 0 Å². The summed E-state index contributed by atoms with van der Waals surface area (Å²) in [6.45, 7) is 3.50. The highest BCUT2D eigenvalue weighted by Crippen LogP contribution is 2.20. The lowest BCUT2D eigenvalue weighted by atomic mass is 9.96. The second-order valence-electron chi connectivity index (χ2n) is 4.40. The van der Waals surface area contributed by atoms with Crippen molar-refractivity contribution in [1.29, 1.82) is 5.26 Å². The number of carbonyl (C=O) groups is 1. The van der Waals surface area contributed by atoms with E-state index in [0.29, 0.717) is 6.42 Å². The topological polar surface area (TPSA) is 44.1 Å². The van der Waals surface area contributed by atoms with E-state index in [1.807, 2.05) is 49.2 Å². The largest absolute Gasteiger partial charge is 0.359 e. The van der Waals surface area contributed by atoms with Gasteiger partial charge in [-0.3, -0.25) is 0 Å². The van der Waals surface area contributed by atoms with Crippen LogP contribution in [0.25, 0.3) is 0 Å². The van der Waals surface area contributed by atoms with E-state index >= 15 is 0 Å². The Morgan fingerprint density at radius 3 is 2.47 bits per heavy atom. The highest BCUT2D eigenvalue weighted by Gasteiger charge is 2.22. The van der Waals surface area contributed by atoms with Crippen LogP contribution in [0.3, 0.4) is 0 Å². The van der Waals surface area contributed by atoms with Crippen LogP contribution in [-0.4, -0.2) is 18.9 Å². The molecule has 0 aliphatic rings. The van der Waals surface area contributed by atoms with Gasteiger partial charge < -0.3 is 9.69 Å². The van der Waals surface area contributed by atoms with Crippen LogP contribution in [0.2, 0.25) is 0 Å². The average molecular weight is 230 g/mol. The third kappa shape index (κ3) is 3.60. The number of para-hydroxylation sites is 1. The van der Waals surface area contributed by atoms with Gasteiger partial charge in [-0.15, -0.1) is 0 Å². The van der Waals surface area contributed by atoms with E-state index < -0.39 is 0 Å². The summed E-state index contributed by atoms with van der Waals surface area (Å²) < 4.78 is 0. The zero-order valence-electron chi connectivity index (χ0n) is 10.6. The second-order valence-corrected chi connectivity index (χ2v) is 4.40. The molecule has 0 bridgehead atoms. The van der Waals surface area contributed by atoms with Crippen molar-refractivity contribution in [3.8, 4) is 6.07 Å². The molecule has 0 saturated heterocycles. The summed E-state index contributed by atoms with van der Waals surface area (Å²) in [4.78, 5) is 13.0. The fourth-order valence-corrected chi connectivity index (χ4v) is 1.98. The summed E-state index contributed by atoms with van der Waals surface area (Å²) in [5.74, 6) is 0.155. The summed E-state index contributed by atoms with van der Waals surface area (Å²) in [6, 6.07) is 11.8. The Balaban J connectivity index is 2.81. The van der Waals surface area contributed by atoms with E-state index in [-0.39, 0.29) is 17.7 Å². The van der Waals surface area contributed by atoms with Gasteiger partial charge in [0.05, 0.1) is 6.07 Å². The first-order chi connectivity index (χ1) is 8.06. The molecule has 0 amide bonds. The van der Waals surface area contributed by atoms with Gasteiger partial charge in [0.15, 0.2) is 0 Å². The monoisotopic (exact) mass is 230 g/mol. The third-order valence-corrected chi connectivity index (χ3v) is 2.86. The fraction of sp³-hybridized carbons (Fsp3) is 0.429. The number of hydrogen-bond acceptors (Lipinski definition) is 3. The van der Waals surface area contributed by atoms with E-state index in [2.05, 4.69) is 6.07 Å². The molecule has 0 aromatic heterocycles. The number of nitriles is 1. The Morgan fingerprint density at radius 2 is 2.00 bits per heavy atom. The maximum absolute atomic E-state index is 11.1. The van der Waals surface area contributed by atoms with Crippen LogP contribution in [0.15, 0.2) is 30.3 Å². The lowest BCUT2D eigenvalue weighted by molar-refractivity contribution is -0.117. The molecule has 0 spiro atoms. The smallest absolute Gasteiger partial charge is 0.130 e. The number of rotatable bonds is 5. The molecule has 1 rings (SSSR count). The molecule has 0 aliphatic carbocycles. The summed E-state index contributed by atoms with van der Waals surface area (Å²) in [6.07, 6.45) is 0.440. The number of anilines is 1. The Hall–Kier alpha value is -1.82. The number of ketones is 1. The molecule has 2 atom stereocenters. The van der Waals surface area contributed by atoms with Crippen molar-refractivity contribution in [3.05, 3.63) is 30.3 Å². The quantitative estimate of drug-likeness (QED) is 0.781. The van der Waals surface area contributed by atoms with Crippen LogP contribution in [0, 0.1) is 17.2 Å². The summed E-state index contributed by atoms with van der Waals surface area (Å²) >= 11 is 0. The lowest BCUT2D eigenvalue weighted by Gasteiger charge is -2.28. The van der Waals surface area contributed by atoms with E-state index in [0.717, 1.165) is 5.69 Å². The molecule has 2 unspecified atom stereocenters. The maximum atomic E-state index is 11.1. The standard InChI is InChI=1S/C14H18N2O/c1-11(9-12(2)17)14(10-15)16(3)13-7-5-4-6-8-13/h4-8,11,14H,9H2,1-3H3. The Labute approximate surface area is 103 Å². The van der Waals surface area contributed by atoms with Crippen LogP contribution in [0.5, 0.6) is 0 Å². The van der Waals surface area contributed by atoms with Crippen molar-refractivity contribution in [1.82, 2.24) is 0 Å². The van der Waals surface area contributed by atoms with Gasteiger partial charge in [0.1, 0.15) is 11.8 Å². The van der Waals surface area contributed by atoms with Gasteiger partial charge in [0, 0.05) is 19.2 Å². The van der Waals surface area contributed by atoms with Crippen LogP contribution in [0.4, 0.5) is 5.69 Å². The number of nitrogens with zero attached hydrogens (tertiary/aromatic N) is 2. The molecule has 0 aliphatic heterocycles. The first kappa shape index (κ1) is 13.2. The lowest BCUT2D eigenvalue weighted by Crippen LogP contribution is -2.36. The molecule has 0 N–H and O–H groups in total. The maximum Gasteiger partial charge on any atom is 0.130 e. The minimum absolute atomic E-state index is 0.0303. The molecule has 1 aromatic rings. The minimum Gasteiger partial charge on any atom is -0.359 e. The molecule has 3 heteroatoms. The van der Waals surface area contributed by atoms with Gasteiger partial charge in [-0.25, -0.2) is 0 Å². The Bertz CT molecular complexity index is 408. The number of hydrogen-bond donors (Lipinski definition) is 0. The average Bonchev–Trinajstić information content (AvgIpc) is 2.30. The van der Waals surface area contributed by atoms with Crippen molar-refractivity contribution in [2.24, 2.45) is 5.92 Å². The summed E-state index contributed by atoms with van der Waals surface area (Å²) in [5.41, 5.74) is 0.995.